The Bertz CT molecular complexity index is 624. The van der Waals surface area contributed by atoms with Crippen LogP contribution in [0.2, 0.25) is 0 Å². The molecule has 0 heterocycles. The molecule has 0 radical (unpaired) electrons. The number of methoxy groups -OCH3 is 1. The molecule has 0 amide bonds. The molecule has 8 heteroatoms. The summed E-state index contributed by atoms with van der Waals surface area (Å²) in [7, 11) is 1.22. The Morgan fingerprint density at radius 1 is 1.36 bits per heavy atom. The van der Waals surface area contributed by atoms with Crippen LogP contribution in [0.4, 0.5) is 4.39 Å². The highest BCUT2D eigenvalue weighted by atomic mass is 35.5. The zero-order valence-corrected chi connectivity index (χ0v) is 12.9. The molecule has 0 aromatic heterocycles. The van der Waals surface area contributed by atoms with Gasteiger partial charge in [0.2, 0.25) is 0 Å². The van der Waals surface area contributed by atoms with Crippen molar-refractivity contribution in [2.75, 3.05) is 7.11 Å². The number of allylic oxidation sites excluding steroid dienone is 1. The minimum atomic E-state index is -0.755. The molecule has 0 aliphatic heterocycles. The van der Waals surface area contributed by atoms with Crippen molar-refractivity contribution in [2.24, 2.45) is 17.2 Å². The first-order chi connectivity index (χ1) is 10.3. The van der Waals surface area contributed by atoms with E-state index in [1.54, 1.807) is 6.92 Å². The zero-order chi connectivity index (χ0) is 16.9. The fourth-order valence-corrected chi connectivity index (χ4v) is 1.83. The SMILES string of the molecule is COC(=O)c1ccc(F)cc1C(C)OC(/C=C(\N)Cl)=C(N)N. The van der Waals surface area contributed by atoms with Crippen molar-refractivity contribution in [1.82, 2.24) is 0 Å². The summed E-state index contributed by atoms with van der Waals surface area (Å²) in [6, 6.07) is 3.61. The van der Waals surface area contributed by atoms with Gasteiger partial charge in [0.1, 0.15) is 22.9 Å². The Hall–Kier alpha value is -2.41. The maximum absolute atomic E-state index is 13.5. The Kier molecular flexibility index (Phi) is 6.06. The number of benzene rings is 1. The van der Waals surface area contributed by atoms with E-state index in [2.05, 4.69) is 4.74 Å². The van der Waals surface area contributed by atoms with Gasteiger partial charge in [-0.05, 0) is 25.1 Å². The summed E-state index contributed by atoms with van der Waals surface area (Å²) in [5, 5.41) is -0.0944. The van der Waals surface area contributed by atoms with Gasteiger partial charge < -0.3 is 26.7 Å². The van der Waals surface area contributed by atoms with E-state index in [4.69, 9.17) is 33.5 Å². The molecule has 1 atom stereocenters. The van der Waals surface area contributed by atoms with Gasteiger partial charge >= 0.3 is 5.97 Å². The number of nitrogens with two attached hydrogens (primary N) is 3. The third-order valence-electron chi connectivity index (χ3n) is 2.71. The number of rotatable bonds is 5. The van der Waals surface area contributed by atoms with Crippen molar-refractivity contribution in [3.05, 3.63) is 58.0 Å². The van der Waals surface area contributed by atoms with E-state index in [0.29, 0.717) is 0 Å². The molecule has 0 spiro atoms. The molecule has 0 aliphatic rings. The number of hydrogen-bond acceptors (Lipinski definition) is 6. The van der Waals surface area contributed by atoms with Gasteiger partial charge in [-0.2, -0.15) is 0 Å². The summed E-state index contributed by atoms with van der Waals surface area (Å²) in [6.07, 6.45) is 0.457. The van der Waals surface area contributed by atoms with E-state index in [1.807, 2.05) is 0 Å². The Labute approximate surface area is 132 Å². The van der Waals surface area contributed by atoms with Gasteiger partial charge in [-0.15, -0.1) is 0 Å². The van der Waals surface area contributed by atoms with E-state index in [9.17, 15) is 9.18 Å². The van der Waals surface area contributed by atoms with Gasteiger partial charge in [0.25, 0.3) is 0 Å². The molecule has 120 valence electrons. The second-order valence-corrected chi connectivity index (χ2v) is 4.77. The first-order valence-corrected chi connectivity index (χ1v) is 6.56. The van der Waals surface area contributed by atoms with Crippen LogP contribution in [-0.4, -0.2) is 13.1 Å². The lowest BCUT2D eigenvalue weighted by Crippen LogP contribution is -2.16. The maximum atomic E-state index is 13.5. The van der Waals surface area contributed by atoms with Crippen molar-refractivity contribution in [2.45, 2.75) is 13.0 Å². The first kappa shape index (κ1) is 17.6. The van der Waals surface area contributed by atoms with Crippen molar-refractivity contribution in [3.63, 3.8) is 0 Å². The quantitative estimate of drug-likeness (QED) is 0.328. The topological polar surface area (TPSA) is 114 Å². The molecule has 1 rings (SSSR count). The minimum absolute atomic E-state index is 0.0140. The number of halogens is 2. The second-order valence-electron chi connectivity index (χ2n) is 4.33. The van der Waals surface area contributed by atoms with Crippen LogP contribution in [0.25, 0.3) is 0 Å². The molecule has 0 saturated carbocycles. The Balaban J connectivity index is 3.20. The molecule has 0 aliphatic carbocycles. The summed E-state index contributed by atoms with van der Waals surface area (Å²) in [6.45, 7) is 1.59. The molecule has 1 unspecified atom stereocenters. The second kappa shape index (κ2) is 7.56. The van der Waals surface area contributed by atoms with Crippen LogP contribution in [0.3, 0.4) is 0 Å². The lowest BCUT2D eigenvalue weighted by molar-refractivity contribution is 0.0591. The number of hydrogen-bond donors (Lipinski definition) is 3. The van der Waals surface area contributed by atoms with Crippen molar-refractivity contribution < 1.29 is 18.7 Å². The van der Waals surface area contributed by atoms with Crippen LogP contribution in [-0.2, 0) is 9.47 Å². The first-order valence-electron chi connectivity index (χ1n) is 6.18. The molecule has 0 bridgehead atoms. The summed E-state index contributed by atoms with van der Waals surface area (Å²) >= 11 is 5.55. The van der Waals surface area contributed by atoms with E-state index in [0.717, 1.165) is 12.1 Å². The summed E-state index contributed by atoms with van der Waals surface area (Å²) in [5.74, 6) is -1.30. The average molecular weight is 330 g/mol. The fraction of sp³-hybridized carbons (Fsp3) is 0.214. The summed E-state index contributed by atoms with van der Waals surface area (Å²) in [4.78, 5) is 11.7. The van der Waals surface area contributed by atoms with E-state index >= 15 is 0 Å². The number of ether oxygens (including phenoxy) is 2. The largest absolute Gasteiger partial charge is 0.482 e. The van der Waals surface area contributed by atoms with E-state index in [-0.39, 0.29) is 27.9 Å². The van der Waals surface area contributed by atoms with Gasteiger partial charge in [-0.3, -0.25) is 0 Å². The highest BCUT2D eigenvalue weighted by molar-refractivity contribution is 6.29. The molecule has 6 N–H and O–H groups in total. The van der Waals surface area contributed by atoms with Gasteiger partial charge in [0, 0.05) is 11.6 Å². The molecule has 0 saturated heterocycles. The minimum Gasteiger partial charge on any atom is -0.482 e. The number of esters is 1. The third-order valence-corrected chi connectivity index (χ3v) is 2.82. The maximum Gasteiger partial charge on any atom is 0.338 e. The van der Waals surface area contributed by atoms with Crippen LogP contribution >= 0.6 is 11.6 Å². The van der Waals surface area contributed by atoms with Crippen molar-refractivity contribution in [3.8, 4) is 0 Å². The molecule has 0 fully saturated rings. The lowest BCUT2D eigenvalue weighted by atomic mass is 10.0. The number of carbonyl (C=O) groups is 1. The molecular weight excluding hydrogens is 313 g/mol. The van der Waals surface area contributed by atoms with Crippen LogP contribution < -0.4 is 17.2 Å². The summed E-state index contributed by atoms with van der Waals surface area (Å²) in [5.41, 5.74) is 16.7. The van der Waals surface area contributed by atoms with Crippen molar-refractivity contribution in [1.29, 1.82) is 0 Å². The smallest absolute Gasteiger partial charge is 0.338 e. The fourth-order valence-electron chi connectivity index (χ4n) is 1.73. The van der Waals surface area contributed by atoms with Crippen LogP contribution in [0.1, 0.15) is 28.9 Å². The molecule has 22 heavy (non-hydrogen) atoms. The molecule has 1 aromatic carbocycles. The predicted octanol–water partition coefficient (Wildman–Crippen LogP) is 1.82. The van der Waals surface area contributed by atoms with Crippen LogP contribution in [0, 0.1) is 5.82 Å². The number of carbonyl (C=O) groups excluding carboxylic acids is 1. The standard InChI is InChI=1S/C14H17ClFN3O3/c1-7(22-11(13(18)19)6-12(15)17)10-5-8(16)3-4-9(10)14(20)21-2/h3-7H,17-19H2,1-2H3/b12-6-. The molecule has 1 aromatic rings. The third kappa shape index (κ3) is 4.56. The van der Waals surface area contributed by atoms with Crippen LogP contribution in [0.5, 0.6) is 0 Å². The van der Waals surface area contributed by atoms with Gasteiger partial charge in [0.15, 0.2) is 5.76 Å². The van der Waals surface area contributed by atoms with E-state index < -0.39 is 17.9 Å². The predicted molar refractivity (Wildman–Crippen MR) is 80.8 cm³/mol. The average Bonchev–Trinajstić information content (AvgIpc) is 2.44. The van der Waals surface area contributed by atoms with Crippen LogP contribution in [0.15, 0.2) is 41.0 Å². The Morgan fingerprint density at radius 2 is 2.00 bits per heavy atom. The normalized spacial score (nSPS) is 12.5. The van der Waals surface area contributed by atoms with E-state index in [1.165, 1.54) is 19.3 Å². The zero-order valence-electron chi connectivity index (χ0n) is 12.1. The van der Waals surface area contributed by atoms with Gasteiger partial charge in [0.05, 0.1) is 12.7 Å². The summed E-state index contributed by atoms with van der Waals surface area (Å²) < 4.78 is 23.6. The molecular formula is C14H17ClFN3O3. The highest BCUT2D eigenvalue weighted by Gasteiger charge is 2.20. The molecule has 6 nitrogen and oxygen atoms in total. The van der Waals surface area contributed by atoms with Crippen molar-refractivity contribution >= 4 is 17.6 Å². The highest BCUT2D eigenvalue weighted by Crippen LogP contribution is 2.26. The van der Waals surface area contributed by atoms with Gasteiger partial charge in [-0.25, -0.2) is 9.18 Å². The van der Waals surface area contributed by atoms with Gasteiger partial charge in [-0.1, -0.05) is 11.6 Å². The Morgan fingerprint density at radius 3 is 2.50 bits per heavy atom. The lowest BCUT2D eigenvalue weighted by Gasteiger charge is -2.19. The monoisotopic (exact) mass is 329 g/mol.